The molecule has 2 unspecified atom stereocenters. The first kappa shape index (κ1) is 11.6. The van der Waals surface area contributed by atoms with Crippen LogP contribution in [0.1, 0.15) is 31.5 Å². The minimum Gasteiger partial charge on any atom is -0.333 e. The quantitative estimate of drug-likeness (QED) is 0.768. The summed E-state index contributed by atoms with van der Waals surface area (Å²) < 4.78 is 2.00. The van der Waals surface area contributed by atoms with Gasteiger partial charge in [-0.2, -0.15) is 0 Å². The normalized spacial score (nSPS) is 27.9. The Kier molecular flexibility index (Phi) is 3.03. The minimum absolute atomic E-state index is 0.00761. The Morgan fingerprint density at radius 2 is 2.17 bits per heavy atom. The van der Waals surface area contributed by atoms with Crippen LogP contribution in [0.2, 0.25) is 0 Å². The number of amides is 1. The lowest BCUT2D eigenvalue weighted by atomic mass is 9.84. The Morgan fingerprint density at radius 3 is 3.00 bits per heavy atom. The van der Waals surface area contributed by atoms with E-state index in [1.165, 1.54) is 0 Å². The highest BCUT2D eigenvalue weighted by Crippen LogP contribution is 2.26. The van der Waals surface area contributed by atoms with E-state index in [2.05, 4.69) is 10.2 Å². The van der Waals surface area contributed by atoms with Gasteiger partial charge in [0, 0.05) is 19.1 Å². The predicted molar refractivity (Wildman–Crippen MR) is 65.4 cm³/mol. The molecule has 2 N–H and O–H groups in total. The third-order valence-electron chi connectivity index (χ3n) is 4.09. The van der Waals surface area contributed by atoms with Crippen molar-refractivity contribution in [3.63, 3.8) is 0 Å². The molecule has 0 spiro atoms. The Bertz CT molecular complexity index is 443. The lowest BCUT2D eigenvalue weighted by Crippen LogP contribution is -2.48. The molecule has 3 rings (SSSR count). The summed E-state index contributed by atoms with van der Waals surface area (Å²) in [6.45, 7) is 2.10. The number of fused-ring (bicyclic) bond motifs is 1. The SMILES string of the molecule is NC1CCCCC1C(=O)N1CCn2cnnc2C1. The van der Waals surface area contributed by atoms with Crippen LogP contribution in [0.15, 0.2) is 6.33 Å². The van der Waals surface area contributed by atoms with Crippen LogP contribution < -0.4 is 5.73 Å². The largest absolute Gasteiger partial charge is 0.333 e. The molecule has 18 heavy (non-hydrogen) atoms. The van der Waals surface area contributed by atoms with Gasteiger partial charge in [0.05, 0.1) is 12.5 Å². The molecule has 2 atom stereocenters. The Balaban J connectivity index is 1.70. The van der Waals surface area contributed by atoms with Gasteiger partial charge in [-0.05, 0) is 12.8 Å². The standard InChI is InChI=1S/C12H19N5O/c13-10-4-2-1-3-9(10)12(18)16-5-6-17-8-14-15-11(17)7-16/h8-10H,1-7,13H2. The molecule has 6 nitrogen and oxygen atoms in total. The molecule has 1 aliphatic heterocycles. The van der Waals surface area contributed by atoms with Crippen molar-refractivity contribution in [3.8, 4) is 0 Å². The topological polar surface area (TPSA) is 77.0 Å². The fourth-order valence-electron chi connectivity index (χ4n) is 2.96. The highest BCUT2D eigenvalue weighted by molar-refractivity contribution is 5.79. The molecule has 1 aromatic rings. The van der Waals surface area contributed by atoms with E-state index in [0.717, 1.165) is 44.6 Å². The van der Waals surface area contributed by atoms with E-state index in [0.29, 0.717) is 6.54 Å². The van der Waals surface area contributed by atoms with Crippen LogP contribution >= 0.6 is 0 Å². The average molecular weight is 249 g/mol. The molecule has 0 radical (unpaired) electrons. The molecule has 0 saturated heterocycles. The first-order valence-electron chi connectivity index (χ1n) is 6.67. The van der Waals surface area contributed by atoms with E-state index in [-0.39, 0.29) is 17.9 Å². The number of nitrogens with two attached hydrogens (primary N) is 1. The summed E-state index contributed by atoms with van der Waals surface area (Å²) in [5.74, 6) is 1.09. The van der Waals surface area contributed by atoms with Crippen molar-refractivity contribution in [1.82, 2.24) is 19.7 Å². The van der Waals surface area contributed by atoms with Gasteiger partial charge in [-0.3, -0.25) is 4.79 Å². The van der Waals surface area contributed by atoms with Crippen molar-refractivity contribution >= 4 is 5.91 Å². The smallest absolute Gasteiger partial charge is 0.227 e. The summed E-state index contributed by atoms with van der Waals surface area (Å²) in [4.78, 5) is 14.4. The monoisotopic (exact) mass is 249 g/mol. The lowest BCUT2D eigenvalue weighted by molar-refractivity contribution is -0.138. The van der Waals surface area contributed by atoms with Crippen LogP contribution in [0.3, 0.4) is 0 Å². The van der Waals surface area contributed by atoms with Crippen molar-refractivity contribution < 1.29 is 4.79 Å². The summed E-state index contributed by atoms with van der Waals surface area (Å²) >= 11 is 0. The second-order valence-corrected chi connectivity index (χ2v) is 5.26. The van der Waals surface area contributed by atoms with Crippen molar-refractivity contribution in [2.45, 2.75) is 44.8 Å². The van der Waals surface area contributed by atoms with Crippen LogP contribution in [0.5, 0.6) is 0 Å². The molecular formula is C12H19N5O. The molecule has 2 heterocycles. The third kappa shape index (κ3) is 2.01. The molecule has 2 aliphatic rings. The molecule has 1 saturated carbocycles. The maximum Gasteiger partial charge on any atom is 0.227 e. The van der Waals surface area contributed by atoms with Gasteiger partial charge in [0.15, 0.2) is 5.82 Å². The lowest BCUT2D eigenvalue weighted by Gasteiger charge is -2.34. The van der Waals surface area contributed by atoms with Gasteiger partial charge >= 0.3 is 0 Å². The third-order valence-corrected chi connectivity index (χ3v) is 4.09. The fourth-order valence-corrected chi connectivity index (χ4v) is 2.96. The summed E-state index contributed by atoms with van der Waals surface area (Å²) in [6, 6.07) is 0.0334. The van der Waals surface area contributed by atoms with Gasteiger partial charge < -0.3 is 15.2 Å². The van der Waals surface area contributed by atoms with Gasteiger partial charge in [0.25, 0.3) is 0 Å². The number of hydrogen-bond donors (Lipinski definition) is 1. The van der Waals surface area contributed by atoms with Crippen LogP contribution in [0.25, 0.3) is 0 Å². The number of rotatable bonds is 1. The van der Waals surface area contributed by atoms with Crippen LogP contribution in [-0.4, -0.2) is 38.2 Å². The fraction of sp³-hybridized carbons (Fsp3) is 0.750. The Hall–Kier alpha value is -1.43. The molecule has 1 aliphatic carbocycles. The summed E-state index contributed by atoms with van der Waals surface area (Å²) in [7, 11) is 0. The van der Waals surface area contributed by atoms with Crippen molar-refractivity contribution in [2.75, 3.05) is 6.54 Å². The second kappa shape index (κ2) is 4.68. The molecule has 1 amide bonds. The molecule has 1 aromatic heterocycles. The zero-order chi connectivity index (χ0) is 12.5. The van der Waals surface area contributed by atoms with E-state index in [1.54, 1.807) is 6.33 Å². The maximum absolute atomic E-state index is 12.5. The van der Waals surface area contributed by atoms with E-state index in [4.69, 9.17) is 5.73 Å². The van der Waals surface area contributed by atoms with Gasteiger partial charge in [0.1, 0.15) is 6.33 Å². The van der Waals surface area contributed by atoms with E-state index in [1.807, 2.05) is 9.47 Å². The second-order valence-electron chi connectivity index (χ2n) is 5.26. The number of nitrogens with zero attached hydrogens (tertiary/aromatic N) is 4. The van der Waals surface area contributed by atoms with E-state index in [9.17, 15) is 4.79 Å². The Labute approximate surface area is 106 Å². The highest BCUT2D eigenvalue weighted by Gasteiger charge is 2.33. The molecule has 6 heteroatoms. The zero-order valence-corrected chi connectivity index (χ0v) is 10.5. The first-order chi connectivity index (χ1) is 8.75. The molecule has 0 aromatic carbocycles. The van der Waals surface area contributed by atoms with Gasteiger partial charge in [-0.25, -0.2) is 0 Å². The number of hydrogen-bond acceptors (Lipinski definition) is 4. The number of aromatic nitrogens is 3. The number of carbonyl (C=O) groups excluding carboxylic acids is 1. The van der Waals surface area contributed by atoms with Crippen molar-refractivity contribution in [1.29, 1.82) is 0 Å². The molecule has 0 bridgehead atoms. The minimum atomic E-state index is 0.00761. The van der Waals surface area contributed by atoms with Crippen LogP contribution in [0.4, 0.5) is 0 Å². The average Bonchev–Trinajstić information content (AvgIpc) is 2.85. The van der Waals surface area contributed by atoms with Gasteiger partial charge in [-0.15, -0.1) is 10.2 Å². The first-order valence-corrected chi connectivity index (χ1v) is 6.67. The van der Waals surface area contributed by atoms with Crippen molar-refractivity contribution in [2.24, 2.45) is 11.7 Å². The zero-order valence-electron chi connectivity index (χ0n) is 10.5. The summed E-state index contributed by atoms with van der Waals surface area (Å²) in [5, 5.41) is 7.92. The van der Waals surface area contributed by atoms with Crippen LogP contribution in [-0.2, 0) is 17.9 Å². The van der Waals surface area contributed by atoms with Gasteiger partial charge in [-0.1, -0.05) is 12.8 Å². The number of carbonyl (C=O) groups is 1. The summed E-state index contributed by atoms with van der Waals surface area (Å²) in [6.07, 6.45) is 5.90. The Morgan fingerprint density at radius 1 is 1.33 bits per heavy atom. The van der Waals surface area contributed by atoms with Crippen LogP contribution in [0, 0.1) is 5.92 Å². The summed E-state index contributed by atoms with van der Waals surface area (Å²) in [5.41, 5.74) is 6.08. The molecular weight excluding hydrogens is 230 g/mol. The maximum atomic E-state index is 12.5. The highest BCUT2D eigenvalue weighted by atomic mass is 16.2. The molecule has 1 fully saturated rings. The van der Waals surface area contributed by atoms with Gasteiger partial charge in [0.2, 0.25) is 5.91 Å². The predicted octanol–water partition coefficient (Wildman–Crippen LogP) is 0.138. The molecule has 98 valence electrons. The van der Waals surface area contributed by atoms with E-state index < -0.39 is 0 Å². The van der Waals surface area contributed by atoms with E-state index >= 15 is 0 Å². The van der Waals surface area contributed by atoms with Crippen molar-refractivity contribution in [3.05, 3.63) is 12.2 Å².